The van der Waals surface area contributed by atoms with E-state index in [1.807, 2.05) is 18.2 Å². The van der Waals surface area contributed by atoms with Crippen molar-refractivity contribution in [1.82, 2.24) is 5.32 Å². The molecule has 1 aromatic rings. The summed E-state index contributed by atoms with van der Waals surface area (Å²) < 4.78 is 10.7. The van der Waals surface area contributed by atoms with Crippen molar-refractivity contribution >= 4 is 23.2 Å². The average molecular weight is 354 g/mol. The van der Waals surface area contributed by atoms with Crippen molar-refractivity contribution in [3.63, 3.8) is 0 Å². The van der Waals surface area contributed by atoms with Gasteiger partial charge in [-0.3, -0.25) is 4.79 Å². The zero-order valence-electron chi connectivity index (χ0n) is 13.9. The fraction of sp³-hybridized carbons (Fsp3) is 0.588. The largest absolute Gasteiger partial charge is 0.495 e. The average Bonchev–Trinajstić information content (AvgIpc) is 3.04. The molecule has 2 heterocycles. The van der Waals surface area contributed by atoms with E-state index >= 15 is 0 Å². The van der Waals surface area contributed by atoms with E-state index in [0.29, 0.717) is 31.1 Å². The van der Waals surface area contributed by atoms with Gasteiger partial charge in [-0.05, 0) is 37.5 Å². The van der Waals surface area contributed by atoms with E-state index in [0.717, 1.165) is 30.9 Å². The number of anilines is 1. The number of halogens is 1. The van der Waals surface area contributed by atoms with E-state index in [9.17, 15) is 4.79 Å². The van der Waals surface area contributed by atoms with Crippen LogP contribution in [0.15, 0.2) is 18.2 Å². The van der Waals surface area contributed by atoms with Gasteiger partial charge in [0.25, 0.3) is 0 Å². The summed E-state index contributed by atoms with van der Waals surface area (Å²) in [6.07, 6.45) is 2.00. The number of nitrogens with zero attached hydrogens (tertiary/aromatic N) is 1. The molecule has 1 atom stereocenters. The van der Waals surface area contributed by atoms with E-state index in [1.54, 1.807) is 7.11 Å². The van der Waals surface area contributed by atoms with Crippen LogP contribution < -0.4 is 20.7 Å². The van der Waals surface area contributed by atoms with E-state index in [1.165, 1.54) is 0 Å². The van der Waals surface area contributed by atoms with Gasteiger partial charge in [-0.1, -0.05) is 11.6 Å². The molecule has 0 aromatic heterocycles. The highest BCUT2D eigenvalue weighted by atomic mass is 35.5. The molecule has 0 saturated carbocycles. The van der Waals surface area contributed by atoms with Gasteiger partial charge in [0.2, 0.25) is 5.91 Å². The molecule has 6 nitrogen and oxygen atoms in total. The Labute approximate surface area is 147 Å². The van der Waals surface area contributed by atoms with Crippen LogP contribution in [0.25, 0.3) is 0 Å². The van der Waals surface area contributed by atoms with Crippen LogP contribution in [0.4, 0.5) is 5.69 Å². The predicted octanol–water partition coefficient (Wildman–Crippen LogP) is 1.55. The molecule has 0 radical (unpaired) electrons. The smallest absolute Gasteiger partial charge is 0.240 e. The molecule has 2 saturated heterocycles. The number of nitrogens with two attached hydrogens (primary N) is 1. The van der Waals surface area contributed by atoms with Gasteiger partial charge >= 0.3 is 0 Å². The summed E-state index contributed by atoms with van der Waals surface area (Å²) in [6, 6.07) is 5.64. The van der Waals surface area contributed by atoms with Gasteiger partial charge in [0.1, 0.15) is 5.75 Å². The summed E-state index contributed by atoms with van der Waals surface area (Å²) in [5.74, 6) is 0.710. The molecule has 7 heteroatoms. The Kier molecular flexibility index (Phi) is 5.18. The summed E-state index contributed by atoms with van der Waals surface area (Å²) >= 11 is 6.11. The molecule has 1 amide bonds. The van der Waals surface area contributed by atoms with Crippen molar-refractivity contribution in [2.24, 2.45) is 5.73 Å². The third-order valence-electron chi connectivity index (χ3n) is 4.84. The number of rotatable bonds is 4. The molecule has 2 aliphatic heterocycles. The number of benzene rings is 1. The summed E-state index contributed by atoms with van der Waals surface area (Å²) in [5, 5.41) is 3.77. The second-order valence-electron chi connectivity index (χ2n) is 6.49. The Bertz CT molecular complexity index is 605. The van der Waals surface area contributed by atoms with Crippen LogP contribution >= 0.6 is 11.6 Å². The van der Waals surface area contributed by atoms with Crippen molar-refractivity contribution in [2.45, 2.75) is 30.8 Å². The first kappa shape index (κ1) is 17.3. The maximum atomic E-state index is 12.5. The Morgan fingerprint density at radius 2 is 2.21 bits per heavy atom. The highest BCUT2D eigenvalue weighted by Crippen LogP contribution is 2.33. The molecular formula is C17H24ClN3O3. The Morgan fingerprint density at radius 3 is 2.92 bits per heavy atom. The SMILES string of the molecule is COc1ccc(Cl)cc1N1CCC(NC(=O)C2(N)CCOCC2)C1. The summed E-state index contributed by atoms with van der Waals surface area (Å²) in [4.78, 5) is 14.7. The van der Waals surface area contributed by atoms with Gasteiger partial charge in [-0.15, -0.1) is 0 Å². The molecule has 1 unspecified atom stereocenters. The van der Waals surface area contributed by atoms with E-state index in [2.05, 4.69) is 10.2 Å². The van der Waals surface area contributed by atoms with Crippen LogP contribution in [0, 0.1) is 0 Å². The minimum atomic E-state index is -0.806. The van der Waals surface area contributed by atoms with Crippen LogP contribution in [0.2, 0.25) is 5.02 Å². The Balaban J connectivity index is 1.63. The molecule has 2 aliphatic rings. The van der Waals surface area contributed by atoms with E-state index in [4.69, 9.17) is 26.8 Å². The topological polar surface area (TPSA) is 76.8 Å². The molecule has 0 spiro atoms. The van der Waals surface area contributed by atoms with Gasteiger partial charge < -0.3 is 25.4 Å². The summed E-state index contributed by atoms with van der Waals surface area (Å²) in [6.45, 7) is 2.64. The first-order valence-electron chi connectivity index (χ1n) is 8.28. The van der Waals surface area contributed by atoms with Gasteiger partial charge in [-0.25, -0.2) is 0 Å². The number of nitrogens with one attached hydrogen (secondary N) is 1. The Hall–Kier alpha value is -1.50. The van der Waals surface area contributed by atoms with Crippen molar-refractivity contribution < 1.29 is 14.3 Å². The third-order valence-corrected chi connectivity index (χ3v) is 5.08. The lowest BCUT2D eigenvalue weighted by Crippen LogP contribution is -2.59. The molecular weight excluding hydrogens is 330 g/mol. The lowest BCUT2D eigenvalue weighted by Gasteiger charge is -2.33. The molecule has 2 fully saturated rings. The number of hydrogen-bond acceptors (Lipinski definition) is 5. The number of hydrogen-bond donors (Lipinski definition) is 2. The summed E-state index contributed by atoms with van der Waals surface area (Å²) in [5.41, 5.74) is 6.40. The lowest BCUT2D eigenvalue weighted by molar-refractivity contribution is -0.130. The zero-order chi connectivity index (χ0) is 17.2. The molecule has 3 rings (SSSR count). The van der Waals surface area contributed by atoms with Crippen molar-refractivity contribution in [3.8, 4) is 5.75 Å². The van der Waals surface area contributed by atoms with Crippen molar-refractivity contribution in [2.75, 3.05) is 38.3 Å². The highest BCUT2D eigenvalue weighted by Gasteiger charge is 2.38. The Morgan fingerprint density at radius 1 is 1.46 bits per heavy atom. The van der Waals surface area contributed by atoms with Crippen LogP contribution in [0.3, 0.4) is 0 Å². The predicted molar refractivity (Wildman–Crippen MR) is 93.7 cm³/mol. The number of methoxy groups -OCH3 is 1. The number of ether oxygens (including phenoxy) is 2. The zero-order valence-corrected chi connectivity index (χ0v) is 14.6. The molecule has 1 aromatic carbocycles. The molecule has 132 valence electrons. The number of carbonyl (C=O) groups is 1. The lowest BCUT2D eigenvalue weighted by atomic mass is 9.90. The second kappa shape index (κ2) is 7.17. The molecule has 3 N–H and O–H groups in total. The minimum Gasteiger partial charge on any atom is -0.495 e. The van der Waals surface area contributed by atoms with Gasteiger partial charge in [0.05, 0.1) is 18.3 Å². The quantitative estimate of drug-likeness (QED) is 0.858. The second-order valence-corrected chi connectivity index (χ2v) is 6.93. The maximum Gasteiger partial charge on any atom is 0.240 e. The highest BCUT2D eigenvalue weighted by molar-refractivity contribution is 6.30. The van der Waals surface area contributed by atoms with Crippen LogP contribution in [-0.2, 0) is 9.53 Å². The van der Waals surface area contributed by atoms with E-state index < -0.39 is 5.54 Å². The molecule has 0 bridgehead atoms. The van der Waals surface area contributed by atoms with Crippen LogP contribution in [0.5, 0.6) is 5.75 Å². The van der Waals surface area contributed by atoms with Crippen molar-refractivity contribution in [1.29, 1.82) is 0 Å². The minimum absolute atomic E-state index is 0.0734. The maximum absolute atomic E-state index is 12.5. The number of amides is 1. The molecule has 0 aliphatic carbocycles. The number of carbonyl (C=O) groups excluding carboxylic acids is 1. The fourth-order valence-electron chi connectivity index (χ4n) is 3.30. The van der Waals surface area contributed by atoms with Gasteiger partial charge in [0.15, 0.2) is 0 Å². The van der Waals surface area contributed by atoms with Crippen LogP contribution in [-0.4, -0.2) is 50.9 Å². The fourth-order valence-corrected chi connectivity index (χ4v) is 3.47. The van der Waals surface area contributed by atoms with E-state index in [-0.39, 0.29) is 11.9 Å². The third kappa shape index (κ3) is 3.61. The normalized spacial score (nSPS) is 23.1. The van der Waals surface area contributed by atoms with Gasteiger partial charge in [0, 0.05) is 37.4 Å². The van der Waals surface area contributed by atoms with Gasteiger partial charge in [-0.2, -0.15) is 0 Å². The standard InChI is InChI=1S/C17H24ClN3O3/c1-23-15-3-2-12(18)10-14(15)21-7-4-13(11-21)20-16(22)17(19)5-8-24-9-6-17/h2-3,10,13H,4-9,11,19H2,1H3,(H,20,22). The monoisotopic (exact) mass is 353 g/mol. The van der Waals surface area contributed by atoms with Crippen LogP contribution in [0.1, 0.15) is 19.3 Å². The first-order chi connectivity index (χ1) is 11.5. The van der Waals surface area contributed by atoms with Crippen molar-refractivity contribution in [3.05, 3.63) is 23.2 Å². The molecule has 24 heavy (non-hydrogen) atoms. The first-order valence-corrected chi connectivity index (χ1v) is 8.66. The summed E-state index contributed by atoms with van der Waals surface area (Å²) in [7, 11) is 1.64.